The van der Waals surface area contributed by atoms with Crippen LogP contribution in [0.15, 0.2) is 42.5 Å². The third-order valence-corrected chi connectivity index (χ3v) is 8.28. The molecule has 180 valence electrons. The van der Waals surface area contributed by atoms with Crippen LogP contribution in [0.25, 0.3) is 5.65 Å². The molecular formula is C26H32N4O3S. The third-order valence-electron chi connectivity index (χ3n) is 7.18. The zero-order chi connectivity index (χ0) is 24.1. The van der Waals surface area contributed by atoms with Gasteiger partial charge >= 0.3 is 0 Å². The number of hydrogen-bond acceptors (Lipinski definition) is 5. The molecule has 0 radical (unpaired) electrons. The number of nitrogens with zero attached hydrogens (tertiary/aromatic N) is 4. The van der Waals surface area contributed by atoms with E-state index in [-0.39, 0.29) is 17.7 Å². The molecule has 0 bridgehead atoms. The Bertz CT molecular complexity index is 1330. The molecule has 3 heterocycles. The molecule has 0 N–H and O–H groups in total. The first kappa shape index (κ1) is 23.0. The molecule has 2 atom stereocenters. The van der Waals surface area contributed by atoms with Crippen molar-refractivity contribution in [2.45, 2.75) is 63.3 Å². The molecule has 2 aliphatic rings. The first-order valence-corrected chi connectivity index (χ1v) is 14.1. The number of fused-ring (bicyclic) bond motifs is 1. The number of aryl methyl sites for hydroxylation is 1. The Morgan fingerprint density at radius 2 is 1.82 bits per heavy atom. The van der Waals surface area contributed by atoms with Crippen molar-refractivity contribution in [2.24, 2.45) is 0 Å². The first-order valence-electron chi connectivity index (χ1n) is 12.1. The number of sulfone groups is 1. The van der Waals surface area contributed by atoms with Crippen LogP contribution in [0.3, 0.4) is 0 Å². The van der Waals surface area contributed by atoms with Gasteiger partial charge in [-0.05, 0) is 57.6 Å². The number of likely N-dealkylation sites (tertiary alicyclic amines) is 1. The first-order chi connectivity index (χ1) is 16.2. The Kier molecular flexibility index (Phi) is 5.74. The molecule has 34 heavy (non-hydrogen) atoms. The van der Waals surface area contributed by atoms with Gasteiger partial charge in [0.1, 0.15) is 9.84 Å². The SMILES string of the molecule is Cc1cc(C2CC2)nc2cc([C@@H]3CCCCN3C(=O)[C@](C)(CS(C)(=O)=O)c3ccccc3)nn12. The fourth-order valence-electron chi connectivity index (χ4n) is 5.32. The molecular weight excluding hydrogens is 448 g/mol. The fraction of sp³-hybridized carbons (Fsp3) is 0.500. The van der Waals surface area contributed by atoms with Gasteiger partial charge in [-0.1, -0.05) is 30.3 Å². The topological polar surface area (TPSA) is 84.6 Å². The predicted molar refractivity (Wildman–Crippen MR) is 132 cm³/mol. The van der Waals surface area contributed by atoms with Crippen LogP contribution < -0.4 is 0 Å². The van der Waals surface area contributed by atoms with Crippen molar-refractivity contribution in [1.82, 2.24) is 19.5 Å². The summed E-state index contributed by atoms with van der Waals surface area (Å²) < 4.78 is 26.7. The minimum absolute atomic E-state index is 0.158. The predicted octanol–water partition coefficient (Wildman–Crippen LogP) is 3.97. The van der Waals surface area contributed by atoms with Gasteiger partial charge in [0.2, 0.25) is 5.91 Å². The van der Waals surface area contributed by atoms with Crippen LogP contribution >= 0.6 is 0 Å². The summed E-state index contributed by atoms with van der Waals surface area (Å²) in [5.74, 6) is 0.162. The maximum absolute atomic E-state index is 14.1. The highest BCUT2D eigenvalue weighted by Gasteiger charge is 2.44. The number of hydrogen-bond donors (Lipinski definition) is 0. The number of carbonyl (C=O) groups excluding carboxylic acids is 1. The summed E-state index contributed by atoms with van der Waals surface area (Å²) in [6, 6.07) is 13.2. The van der Waals surface area contributed by atoms with E-state index in [0.717, 1.165) is 47.6 Å². The van der Waals surface area contributed by atoms with Crippen molar-refractivity contribution in [3.63, 3.8) is 0 Å². The summed E-state index contributed by atoms with van der Waals surface area (Å²) in [6.07, 6.45) is 6.26. The monoisotopic (exact) mass is 480 g/mol. The number of rotatable bonds is 6. The third kappa shape index (κ3) is 4.35. The van der Waals surface area contributed by atoms with Crippen molar-refractivity contribution in [3.05, 3.63) is 65.1 Å². The lowest BCUT2D eigenvalue weighted by Gasteiger charge is -2.41. The molecule has 7 nitrogen and oxygen atoms in total. The Balaban J connectivity index is 1.54. The lowest BCUT2D eigenvalue weighted by atomic mass is 9.81. The van der Waals surface area contributed by atoms with E-state index in [4.69, 9.17) is 10.1 Å². The molecule has 5 rings (SSSR count). The van der Waals surface area contributed by atoms with Crippen molar-refractivity contribution >= 4 is 21.4 Å². The van der Waals surface area contributed by atoms with Gasteiger partial charge in [0, 0.05) is 36.2 Å². The second kappa shape index (κ2) is 8.48. The number of amides is 1. The Morgan fingerprint density at radius 3 is 2.50 bits per heavy atom. The van der Waals surface area contributed by atoms with Gasteiger partial charge in [0.25, 0.3) is 0 Å². The normalized spacial score (nSPS) is 20.9. The standard InChI is InChI=1S/C26H32N4O3S/c1-18-15-21(19-12-13-19)27-24-16-22(28-30(18)24)23-11-7-8-14-29(23)25(31)26(2,17-34(3,32)33)20-9-5-4-6-10-20/h4-6,9-10,15-16,19,23H,7-8,11-14,17H2,1-3H3/t23-,26+/m0/s1. The van der Waals surface area contributed by atoms with Gasteiger partial charge in [-0.3, -0.25) is 4.79 Å². The van der Waals surface area contributed by atoms with Crippen molar-refractivity contribution in [1.29, 1.82) is 0 Å². The summed E-state index contributed by atoms with van der Waals surface area (Å²) in [5, 5.41) is 4.86. The maximum Gasteiger partial charge on any atom is 0.234 e. The minimum atomic E-state index is -3.41. The summed E-state index contributed by atoms with van der Waals surface area (Å²) in [4.78, 5) is 20.8. The van der Waals surface area contributed by atoms with E-state index in [2.05, 4.69) is 6.07 Å². The highest BCUT2D eigenvalue weighted by molar-refractivity contribution is 7.90. The second-order valence-corrected chi connectivity index (χ2v) is 12.4. The van der Waals surface area contributed by atoms with Gasteiger partial charge < -0.3 is 4.90 Å². The minimum Gasteiger partial charge on any atom is -0.333 e. The Labute approximate surface area is 201 Å². The Morgan fingerprint density at radius 1 is 1.09 bits per heavy atom. The average Bonchev–Trinajstić information content (AvgIpc) is 3.57. The van der Waals surface area contributed by atoms with Crippen LogP contribution in [0.2, 0.25) is 0 Å². The van der Waals surface area contributed by atoms with E-state index in [9.17, 15) is 13.2 Å². The van der Waals surface area contributed by atoms with Gasteiger partial charge in [-0.2, -0.15) is 5.10 Å². The van der Waals surface area contributed by atoms with Crippen LogP contribution in [0.1, 0.15) is 73.6 Å². The highest BCUT2D eigenvalue weighted by Crippen LogP contribution is 2.40. The number of aromatic nitrogens is 3. The van der Waals surface area contributed by atoms with Crippen LogP contribution in [-0.2, 0) is 20.0 Å². The molecule has 3 aromatic rings. The number of carbonyl (C=O) groups is 1. The number of benzene rings is 1. The molecule has 2 aromatic heterocycles. The molecule has 1 amide bonds. The van der Waals surface area contributed by atoms with E-state index in [0.29, 0.717) is 12.5 Å². The Hall–Kier alpha value is -2.74. The van der Waals surface area contributed by atoms with Crippen molar-refractivity contribution < 1.29 is 13.2 Å². The van der Waals surface area contributed by atoms with E-state index < -0.39 is 15.3 Å². The summed E-state index contributed by atoms with van der Waals surface area (Å²) >= 11 is 0. The van der Waals surface area contributed by atoms with Crippen LogP contribution in [0.4, 0.5) is 0 Å². The summed E-state index contributed by atoms with van der Waals surface area (Å²) in [7, 11) is -3.41. The lowest BCUT2D eigenvalue weighted by Crippen LogP contribution is -2.51. The van der Waals surface area contributed by atoms with E-state index in [1.807, 2.05) is 52.7 Å². The molecule has 0 unspecified atom stereocenters. The smallest absolute Gasteiger partial charge is 0.234 e. The molecule has 0 spiro atoms. The fourth-order valence-corrected chi connectivity index (χ4v) is 6.66. The molecule has 1 saturated heterocycles. The summed E-state index contributed by atoms with van der Waals surface area (Å²) in [5.41, 5.74) is 3.35. The molecule has 8 heteroatoms. The quantitative estimate of drug-likeness (QED) is 0.533. The largest absolute Gasteiger partial charge is 0.333 e. The van der Waals surface area contributed by atoms with E-state index in [1.54, 1.807) is 6.92 Å². The maximum atomic E-state index is 14.1. The summed E-state index contributed by atoms with van der Waals surface area (Å²) in [6.45, 7) is 4.39. The molecule has 2 fully saturated rings. The van der Waals surface area contributed by atoms with Gasteiger partial charge in [0.15, 0.2) is 5.65 Å². The van der Waals surface area contributed by atoms with Gasteiger partial charge in [-0.25, -0.2) is 17.9 Å². The van der Waals surface area contributed by atoms with E-state index >= 15 is 0 Å². The van der Waals surface area contributed by atoms with Crippen LogP contribution in [-0.4, -0.2) is 52.4 Å². The second-order valence-electron chi connectivity index (χ2n) is 10.2. The van der Waals surface area contributed by atoms with Gasteiger partial charge in [-0.15, -0.1) is 0 Å². The van der Waals surface area contributed by atoms with Crippen LogP contribution in [0.5, 0.6) is 0 Å². The zero-order valence-corrected chi connectivity index (χ0v) is 20.9. The van der Waals surface area contributed by atoms with E-state index in [1.165, 1.54) is 19.1 Å². The van der Waals surface area contributed by atoms with Crippen molar-refractivity contribution in [3.8, 4) is 0 Å². The number of piperidine rings is 1. The average molecular weight is 481 g/mol. The zero-order valence-electron chi connectivity index (χ0n) is 20.1. The van der Waals surface area contributed by atoms with Crippen molar-refractivity contribution in [2.75, 3.05) is 18.6 Å². The molecule has 1 aliphatic carbocycles. The highest BCUT2D eigenvalue weighted by atomic mass is 32.2. The molecule has 1 aliphatic heterocycles. The molecule has 1 saturated carbocycles. The molecule has 1 aromatic carbocycles. The van der Waals surface area contributed by atoms with Crippen LogP contribution in [0, 0.1) is 6.92 Å². The van der Waals surface area contributed by atoms with Gasteiger partial charge in [0.05, 0.1) is 22.9 Å². The lowest BCUT2D eigenvalue weighted by molar-refractivity contribution is -0.140.